The number of rotatable bonds is 3. The molecule has 0 unspecified atom stereocenters. The maximum absolute atomic E-state index is 9.49. The van der Waals surface area contributed by atoms with Crippen LogP contribution in [0.2, 0.25) is 0 Å². The van der Waals surface area contributed by atoms with Gasteiger partial charge in [-0.15, -0.1) is 0 Å². The zero-order valence-electron chi connectivity index (χ0n) is 13.5. The third-order valence-electron chi connectivity index (χ3n) is 3.65. The van der Waals surface area contributed by atoms with E-state index in [4.69, 9.17) is 14.9 Å². The highest BCUT2D eigenvalue weighted by Crippen LogP contribution is 2.35. The van der Waals surface area contributed by atoms with Crippen LogP contribution in [0.15, 0.2) is 28.9 Å². The molecule has 0 aliphatic carbocycles. The first-order valence-corrected chi connectivity index (χ1v) is 7.18. The molecule has 0 atom stereocenters. The first-order valence-electron chi connectivity index (χ1n) is 7.18. The first kappa shape index (κ1) is 15.5. The molecule has 3 aromatic rings. The first-order chi connectivity index (χ1) is 11.5. The third kappa shape index (κ3) is 2.54. The maximum Gasteiger partial charge on any atom is 0.316 e. The van der Waals surface area contributed by atoms with Crippen LogP contribution in [0.25, 0.3) is 22.6 Å². The van der Waals surface area contributed by atoms with Crippen LogP contribution in [0.3, 0.4) is 0 Å². The van der Waals surface area contributed by atoms with Crippen molar-refractivity contribution >= 4 is 5.82 Å². The summed E-state index contributed by atoms with van der Waals surface area (Å²) in [5, 5.41) is 9.49. The Morgan fingerprint density at radius 1 is 1.21 bits per heavy atom. The molecule has 0 radical (unpaired) electrons. The molecule has 120 valence electrons. The molecule has 0 aromatic carbocycles. The van der Waals surface area contributed by atoms with Crippen LogP contribution < -0.4 is 10.5 Å². The fourth-order valence-corrected chi connectivity index (χ4v) is 2.52. The molecule has 0 fully saturated rings. The summed E-state index contributed by atoms with van der Waals surface area (Å²) in [6, 6.07) is 6.03. The van der Waals surface area contributed by atoms with Crippen LogP contribution in [0.5, 0.6) is 6.01 Å². The van der Waals surface area contributed by atoms with Crippen LogP contribution in [0, 0.1) is 25.2 Å². The van der Waals surface area contributed by atoms with E-state index in [1.54, 1.807) is 12.4 Å². The highest BCUT2D eigenvalue weighted by molar-refractivity contribution is 5.82. The maximum atomic E-state index is 9.49. The normalized spacial score (nSPS) is 10.4. The number of aryl methyl sites for hydroxylation is 1. The third-order valence-corrected chi connectivity index (χ3v) is 3.65. The summed E-state index contributed by atoms with van der Waals surface area (Å²) >= 11 is 0. The lowest BCUT2D eigenvalue weighted by molar-refractivity contribution is 0.380. The number of nitriles is 1. The Kier molecular flexibility index (Phi) is 3.88. The molecule has 7 nitrogen and oxygen atoms in total. The molecule has 0 bridgehead atoms. The van der Waals surface area contributed by atoms with Crippen molar-refractivity contribution in [2.24, 2.45) is 0 Å². The van der Waals surface area contributed by atoms with Gasteiger partial charge in [-0.1, -0.05) is 0 Å². The number of nitrogen functional groups attached to an aromatic ring is 1. The molecule has 0 saturated carbocycles. The Morgan fingerprint density at radius 2 is 1.92 bits per heavy atom. The molecule has 0 saturated heterocycles. The number of anilines is 1. The van der Waals surface area contributed by atoms with E-state index in [1.807, 2.05) is 26.0 Å². The summed E-state index contributed by atoms with van der Waals surface area (Å²) in [5.41, 5.74) is 8.93. The molecular formula is C17H15N5O2. The Labute approximate surface area is 138 Å². The monoisotopic (exact) mass is 321 g/mol. The summed E-state index contributed by atoms with van der Waals surface area (Å²) in [5.74, 6) is 1.50. The Bertz CT molecular complexity index is 939. The van der Waals surface area contributed by atoms with E-state index in [2.05, 4.69) is 21.0 Å². The van der Waals surface area contributed by atoms with Gasteiger partial charge in [-0.3, -0.25) is 0 Å². The number of ether oxygens (including phenoxy) is 1. The largest absolute Gasteiger partial charge is 0.467 e. The van der Waals surface area contributed by atoms with Crippen molar-refractivity contribution in [2.45, 2.75) is 13.8 Å². The second kappa shape index (κ2) is 6.01. The molecule has 24 heavy (non-hydrogen) atoms. The van der Waals surface area contributed by atoms with E-state index in [0.29, 0.717) is 22.6 Å². The molecule has 2 N–H and O–H groups in total. The van der Waals surface area contributed by atoms with Crippen LogP contribution in [0.1, 0.15) is 16.9 Å². The quantitative estimate of drug-likeness (QED) is 0.789. The van der Waals surface area contributed by atoms with Crippen molar-refractivity contribution in [1.29, 1.82) is 5.26 Å². The number of methoxy groups -OCH3 is 1. The average Bonchev–Trinajstić information content (AvgIpc) is 3.02. The molecule has 3 rings (SSSR count). The number of aromatic nitrogens is 3. The van der Waals surface area contributed by atoms with Gasteiger partial charge < -0.3 is 14.9 Å². The van der Waals surface area contributed by atoms with Crippen LogP contribution in [-0.4, -0.2) is 22.1 Å². The molecule has 0 amide bonds. The summed E-state index contributed by atoms with van der Waals surface area (Å²) in [7, 11) is 1.49. The number of pyridine rings is 1. The number of hydrogen-bond donors (Lipinski definition) is 1. The summed E-state index contributed by atoms with van der Waals surface area (Å²) in [6.07, 6.45) is 3.18. The minimum Gasteiger partial charge on any atom is -0.467 e. The predicted molar refractivity (Wildman–Crippen MR) is 88.1 cm³/mol. The van der Waals surface area contributed by atoms with E-state index >= 15 is 0 Å². The van der Waals surface area contributed by atoms with Gasteiger partial charge in [-0.05, 0) is 31.5 Å². The molecule has 3 heterocycles. The van der Waals surface area contributed by atoms with Gasteiger partial charge >= 0.3 is 6.01 Å². The Hall–Kier alpha value is -3.40. The highest BCUT2D eigenvalue weighted by atomic mass is 16.5. The lowest BCUT2D eigenvalue weighted by atomic mass is 9.96. The SMILES string of the molecule is COc1ncc(-c2c(C)c(-c3ccc(C)o3)nc(N)c2C#N)cn1. The predicted octanol–water partition coefficient (Wildman–Crippen LogP) is 2.88. The lowest BCUT2D eigenvalue weighted by Crippen LogP contribution is -2.03. The lowest BCUT2D eigenvalue weighted by Gasteiger charge is -2.13. The second-order valence-electron chi connectivity index (χ2n) is 5.20. The number of furan rings is 1. The molecule has 0 aliphatic heterocycles. The van der Waals surface area contributed by atoms with Crippen molar-refractivity contribution in [3.05, 3.63) is 41.4 Å². The number of nitrogens with zero attached hydrogens (tertiary/aromatic N) is 4. The van der Waals surface area contributed by atoms with E-state index in [0.717, 1.165) is 11.3 Å². The minimum absolute atomic E-state index is 0.137. The molecule has 0 spiro atoms. The van der Waals surface area contributed by atoms with Crippen molar-refractivity contribution < 1.29 is 9.15 Å². The van der Waals surface area contributed by atoms with Gasteiger partial charge in [0.25, 0.3) is 0 Å². The van der Waals surface area contributed by atoms with Gasteiger partial charge in [0.05, 0.1) is 7.11 Å². The van der Waals surface area contributed by atoms with Crippen LogP contribution in [0.4, 0.5) is 5.82 Å². The van der Waals surface area contributed by atoms with Gasteiger partial charge in [0, 0.05) is 23.5 Å². The van der Waals surface area contributed by atoms with Crippen molar-refractivity contribution in [3.63, 3.8) is 0 Å². The second-order valence-corrected chi connectivity index (χ2v) is 5.20. The minimum atomic E-state index is 0.137. The number of hydrogen-bond acceptors (Lipinski definition) is 7. The summed E-state index contributed by atoms with van der Waals surface area (Å²) < 4.78 is 10.6. The molecule has 0 aliphatic rings. The van der Waals surface area contributed by atoms with Crippen LogP contribution in [-0.2, 0) is 0 Å². The number of nitrogens with two attached hydrogens (primary N) is 1. The average molecular weight is 321 g/mol. The summed E-state index contributed by atoms with van der Waals surface area (Å²) in [4.78, 5) is 12.5. The van der Waals surface area contributed by atoms with E-state index in [9.17, 15) is 5.26 Å². The fraction of sp³-hybridized carbons (Fsp3) is 0.176. The zero-order chi connectivity index (χ0) is 17.3. The van der Waals surface area contributed by atoms with Gasteiger partial charge in [-0.2, -0.15) is 5.26 Å². The molecule has 7 heteroatoms. The Balaban J connectivity index is 2.26. The van der Waals surface area contributed by atoms with Crippen molar-refractivity contribution in [2.75, 3.05) is 12.8 Å². The van der Waals surface area contributed by atoms with Crippen LogP contribution >= 0.6 is 0 Å². The van der Waals surface area contributed by atoms with Crippen molar-refractivity contribution in [1.82, 2.24) is 15.0 Å². The van der Waals surface area contributed by atoms with Gasteiger partial charge in [0.2, 0.25) is 0 Å². The fourth-order valence-electron chi connectivity index (χ4n) is 2.52. The smallest absolute Gasteiger partial charge is 0.316 e. The van der Waals surface area contributed by atoms with Gasteiger partial charge in [0.1, 0.15) is 28.9 Å². The van der Waals surface area contributed by atoms with E-state index in [1.165, 1.54) is 7.11 Å². The van der Waals surface area contributed by atoms with E-state index < -0.39 is 0 Å². The van der Waals surface area contributed by atoms with Crippen molar-refractivity contribution in [3.8, 4) is 34.7 Å². The summed E-state index contributed by atoms with van der Waals surface area (Å²) in [6.45, 7) is 3.71. The topological polar surface area (TPSA) is 111 Å². The van der Waals surface area contributed by atoms with E-state index in [-0.39, 0.29) is 17.4 Å². The Morgan fingerprint density at radius 3 is 2.46 bits per heavy atom. The zero-order valence-corrected chi connectivity index (χ0v) is 13.5. The molecule has 3 aromatic heterocycles. The standard InChI is InChI=1S/C17H15N5O2/c1-9-4-5-13(24-9)15-10(2)14(12(6-18)16(19)22-15)11-7-20-17(23-3)21-8-11/h4-5,7-8H,1-3H3,(H2,19,22). The highest BCUT2D eigenvalue weighted by Gasteiger charge is 2.20. The molecular weight excluding hydrogens is 306 g/mol. The van der Waals surface area contributed by atoms with Gasteiger partial charge in [-0.25, -0.2) is 15.0 Å². The van der Waals surface area contributed by atoms with Gasteiger partial charge in [0.15, 0.2) is 5.76 Å².